The molecule has 0 aliphatic heterocycles. The van der Waals surface area contributed by atoms with Crippen molar-refractivity contribution in [2.45, 2.75) is 13.3 Å². The van der Waals surface area contributed by atoms with Gasteiger partial charge in [-0.25, -0.2) is 0 Å². The molecule has 0 aromatic carbocycles. The Labute approximate surface area is 48.7 Å². The Morgan fingerprint density at radius 1 is 2.00 bits per heavy atom. The highest BCUT2D eigenvalue weighted by Crippen LogP contribution is 2.00. The van der Waals surface area contributed by atoms with E-state index in [2.05, 4.69) is 11.7 Å². The molecule has 0 saturated heterocycles. The first-order chi connectivity index (χ1) is 3.31. The van der Waals surface area contributed by atoms with Gasteiger partial charge in [0.2, 0.25) is 0 Å². The summed E-state index contributed by atoms with van der Waals surface area (Å²) in [6, 6.07) is 0. The van der Waals surface area contributed by atoms with E-state index >= 15 is 0 Å². The average molecular weight is 118 g/mol. The van der Waals surface area contributed by atoms with Gasteiger partial charge in [0.25, 0.3) is 0 Å². The van der Waals surface area contributed by atoms with Gasteiger partial charge in [0.15, 0.2) is 0 Å². The number of nitrogens with zero attached hydrogens (tertiary/aromatic N) is 1. The van der Waals surface area contributed by atoms with E-state index in [0.29, 0.717) is 5.16 Å². The monoisotopic (exact) mass is 117 g/mol. The summed E-state index contributed by atoms with van der Waals surface area (Å²) >= 11 is 5.40. The number of rotatable bonds is 2. The van der Waals surface area contributed by atoms with Crippen LogP contribution in [0.5, 0.6) is 0 Å². The Bertz CT molecular complexity index is 86.1. The van der Waals surface area contributed by atoms with Crippen LogP contribution < -0.4 is 0 Å². The van der Waals surface area contributed by atoms with Crippen LogP contribution in [0.1, 0.15) is 13.3 Å². The third-order valence-electron chi connectivity index (χ3n) is 0.524. The maximum Gasteiger partial charge on any atom is 0.124 e. The first kappa shape index (κ1) is 6.70. The summed E-state index contributed by atoms with van der Waals surface area (Å²) in [5, 5.41) is 0.488. The number of allylic oxidation sites excluding steroid dienone is 1. The zero-order chi connectivity index (χ0) is 5.70. The van der Waals surface area contributed by atoms with Crippen molar-refractivity contribution in [1.82, 2.24) is 0 Å². The van der Waals surface area contributed by atoms with Gasteiger partial charge >= 0.3 is 0 Å². The van der Waals surface area contributed by atoms with Crippen molar-refractivity contribution in [3.63, 3.8) is 0 Å². The lowest BCUT2D eigenvalue weighted by Crippen LogP contribution is -1.58. The molecule has 0 aliphatic carbocycles. The van der Waals surface area contributed by atoms with Crippen LogP contribution in [0.2, 0.25) is 0 Å². The molecule has 0 rings (SSSR count). The SMILES string of the molecule is C=N/C(Cl)=C\CC. The summed E-state index contributed by atoms with van der Waals surface area (Å²) in [5.74, 6) is 0. The summed E-state index contributed by atoms with van der Waals surface area (Å²) in [6.07, 6.45) is 2.71. The molecule has 40 valence electrons. The summed E-state index contributed by atoms with van der Waals surface area (Å²) in [6.45, 7) is 5.22. The van der Waals surface area contributed by atoms with Crippen molar-refractivity contribution >= 4 is 18.3 Å². The average Bonchev–Trinajstić information content (AvgIpc) is 1.68. The Morgan fingerprint density at radius 2 is 2.57 bits per heavy atom. The van der Waals surface area contributed by atoms with Crippen LogP contribution in [0.15, 0.2) is 16.2 Å². The molecule has 0 aromatic rings. The van der Waals surface area contributed by atoms with Crippen LogP contribution in [-0.4, -0.2) is 6.72 Å². The van der Waals surface area contributed by atoms with E-state index in [1.54, 1.807) is 6.08 Å². The van der Waals surface area contributed by atoms with Crippen molar-refractivity contribution in [3.8, 4) is 0 Å². The minimum Gasteiger partial charge on any atom is -0.253 e. The molecule has 0 atom stereocenters. The molecule has 0 heterocycles. The molecule has 0 aliphatic rings. The van der Waals surface area contributed by atoms with E-state index in [9.17, 15) is 0 Å². The van der Waals surface area contributed by atoms with Gasteiger partial charge in [-0.05, 0) is 19.2 Å². The molecule has 0 bridgehead atoms. The summed E-state index contributed by atoms with van der Waals surface area (Å²) in [4.78, 5) is 3.45. The van der Waals surface area contributed by atoms with Gasteiger partial charge in [-0.3, -0.25) is 4.99 Å². The Balaban J connectivity index is 3.49. The largest absolute Gasteiger partial charge is 0.253 e. The van der Waals surface area contributed by atoms with Gasteiger partial charge in [-0.1, -0.05) is 18.5 Å². The Morgan fingerprint density at radius 3 is 2.71 bits per heavy atom. The standard InChI is InChI=1S/C5H8ClN/c1-3-4-5(6)7-2/h4H,2-3H2,1H3/b5-4-. The van der Waals surface area contributed by atoms with Crippen LogP contribution in [-0.2, 0) is 0 Å². The van der Waals surface area contributed by atoms with E-state index in [1.165, 1.54) is 0 Å². The van der Waals surface area contributed by atoms with E-state index in [0.717, 1.165) is 6.42 Å². The number of hydrogen-bond donors (Lipinski definition) is 0. The fourth-order valence-corrected chi connectivity index (χ4v) is 0.387. The minimum absolute atomic E-state index is 0.488. The molecular formula is C5H8ClN. The van der Waals surface area contributed by atoms with Crippen LogP contribution >= 0.6 is 11.6 Å². The lowest BCUT2D eigenvalue weighted by atomic mass is 10.5. The minimum atomic E-state index is 0.488. The topological polar surface area (TPSA) is 12.4 Å². The van der Waals surface area contributed by atoms with Gasteiger partial charge in [0, 0.05) is 0 Å². The first-order valence-corrected chi connectivity index (χ1v) is 2.51. The summed E-state index contributed by atoms with van der Waals surface area (Å²) < 4.78 is 0. The number of aliphatic imine (C=N–C) groups is 1. The van der Waals surface area contributed by atoms with Gasteiger partial charge < -0.3 is 0 Å². The molecule has 7 heavy (non-hydrogen) atoms. The fourth-order valence-electron chi connectivity index (χ4n) is 0.233. The molecule has 0 spiro atoms. The summed E-state index contributed by atoms with van der Waals surface area (Å²) in [5.41, 5.74) is 0. The van der Waals surface area contributed by atoms with Crippen LogP contribution in [0, 0.1) is 0 Å². The van der Waals surface area contributed by atoms with E-state index in [1.807, 2.05) is 6.92 Å². The number of hydrogen-bond acceptors (Lipinski definition) is 1. The second-order valence-electron chi connectivity index (χ2n) is 1.09. The van der Waals surface area contributed by atoms with E-state index < -0.39 is 0 Å². The van der Waals surface area contributed by atoms with E-state index in [4.69, 9.17) is 11.6 Å². The quantitative estimate of drug-likeness (QED) is 0.388. The molecular weight excluding hydrogens is 110 g/mol. The Hall–Kier alpha value is -0.300. The van der Waals surface area contributed by atoms with E-state index in [-0.39, 0.29) is 0 Å². The van der Waals surface area contributed by atoms with Crippen LogP contribution in [0.25, 0.3) is 0 Å². The molecule has 0 aromatic heterocycles. The molecule has 0 fully saturated rings. The van der Waals surface area contributed by atoms with Crippen molar-refractivity contribution in [2.24, 2.45) is 4.99 Å². The highest BCUT2D eigenvalue weighted by atomic mass is 35.5. The van der Waals surface area contributed by atoms with Crippen molar-refractivity contribution in [1.29, 1.82) is 0 Å². The van der Waals surface area contributed by atoms with Crippen molar-refractivity contribution in [3.05, 3.63) is 11.2 Å². The van der Waals surface area contributed by atoms with Crippen molar-refractivity contribution < 1.29 is 0 Å². The third kappa shape index (κ3) is 3.53. The van der Waals surface area contributed by atoms with Crippen LogP contribution in [0.4, 0.5) is 0 Å². The smallest absolute Gasteiger partial charge is 0.124 e. The highest BCUT2D eigenvalue weighted by molar-refractivity contribution is 6.29. The third-order valence-corrected chi connectivity index (χ3v) is 0.797. The molecule has 0 saturated carbocycles. The van der Waals surface area contributed by atoms with Crippen molar-refractivity contribution in [2.75, 3.05) is 0 Å². The predicted molar refractivity (Wildman–Crippen MR) is 33.8 cm³/mol. The summed E-state index contributed by atoms with van der Waals surface area (Å²) in [7, 11) is 0. The zero-order valence-electron chi connectivity index (χ0n) is 4.32. The maximum absolute atomic E-state index is 5.40. The maximum atomic E-state index is 5.40. The van der Waals surface area contributed by atoms with Gasteiger partial charge in [0.05, 0.1) is 0 Å². The Kier molecular flexibility index (Phi) is 3.71. The molecule has 1 nitrogen and oxygen atoms in total. The predicted octanol–water partition coefficient (Wildman–Crippen LogP) is 2.18. The molecule has 0 radical (unpaired) electrons. The highest BCUT2D eigenvalue weighted by Gasteiger charge is 1.76. The zero-order valence-corrected chi connectivity index (χ0v) is 5.07. The second-order valence-corrected chi connectivity index (χ2v) is 1.48. The normalized spacial score (nSPS) is 11.4. The van der Waals surface area contributed by atoms with Gasteiger partial charge in [-0.2, -0.15) is 0 Å². The molecule has 0 unspecified atom stereocenters. The van der Waals surface area contributed by atoms with Gasteiger partial charge in [0.1, 0.15) is 5.16 Å². The molecule has 0 N–H and O–H groups in total. The fraction of sp³-hybridized carbons (Fsp3) is 0.400. The molecule has 0 amide bonds. The first-order valence-electron chi connectivity index (χ1n) is 2.13. The van der Waals surface area contributed by atoms with Crippen LogP contribution in [0.3, 0.4) is 0 Å². The lowest BCUT2D eigenvalue weighted by Gasteiger charge is -1.80. The van der Waals surface area contributed by atoms with Gasteiger partial charge in [-0.15, -0.1) is 0 Å². The number of halogens is 1. The molecule has 2 heteroatoms. The lowest BCUT2D eigenvalue weighted by molar-refractivity contribution is 1.20. The second kappa shape index (κ2) is 3.88.